The number of carboxylic acids is 1. The van der Waals surface area contributed by atoms with E-state index in [0.29, 0.717) is 27.7 Å². The molecule has 41 heavy (non-hydrogen) atoms. The van der Waals surface area contributed by atoms with Crippen LogP contribution in [0.4, 0.5) is 0 Å². The molecule has 1 saturated heterocycles. The van der Waals surface area contributed by atoms with E-state index >= 15 is 0 Å². The van der Waals surface area contributed by atoms with Gasteiger partial charge in [-0.05, 0) is 76.2 Å². The zero-order valence-corrected chi connectivity index (χ0v) is 22.9. The number of imide groups is 1. The topological polar surface area (TPSA) is 194 Å². The van der Waals surface area contributed by atoms with Gasteiger partial charge in [0.15, 0.2) is 24.8 Å². The zero-order valence-electron chi connectivity index (χ0n) is 22.9. The van der Waals surface area contributed by atoms with Crippen LogP contribution in [0.3, 0.4) is 0 Å². The van der Waals surface area contributed by atoms with E-state index in [1.807, 2.05) is 0 Å². The Morgan fingerprint density at radius 2 is 1.07 bits per heavy atom. The van der Waals surface area contributed by atoms with Crippen LogP contribution in [0.5, 0.6) is 11.5 Å². The molecule has 0 saturated carbocycles. The molecule has 0 bridgehead atoms. The van der Waals surface area contributed by atoms with Crippen LogP contribution in [0, 0.1) is 0 Å². The Bertz CT molecular complexity index is 1270. The van der Waals surface area contributed by atoms with E-state index in [2.05, 4.69) is 4.84 Å². The fourth-order valence-corrected chi connectivity index (χ4v) is 3.18. The third kappa shape index (κ3) is 10.1. The molecule has 0 unspecified atom stereocenters. The van der Waals surface area contributed by atoms with Crippen molar-refractivity contribution in [1.82, 2.24) is 5.06 Å². The molecule has 0 aromatic heterocycles. The van der Waals surface area contributed by atoms with Gasteiger partial charge in [-0.3, -0.25) is 19.2 Å². The standard InChI is InChI=1S/C16H17NO7.C12H14O5/c1-16(2,22)15(21)10-3-5-11(6-4-10)23-9-14(20)24-17-12(18)7-8-13(17)19;1-12(2,16)11(15)8-3-5-9(6-4-8)17-7-10(13)14/h3-6,22H,7-9H2,1-2H3;3-6,16H,7H2,1-2H3,(H,13,14). The van der Waals surface area contributed by atoms with Crippen LogP contribution in [-0.2, 0) is 24.0 Å². The number of hydroxylamine groups is 2. The second-order valence-electron chi connectivity index (χ2n) is 9.84. The second-order valence-corrected chi connectivity index (χ2v) is 9.84. The molecule has 13 heteroatoms. The molecule has 2 amide bonds. The Balaban J connectivity index is 0.000000305. The van der Waals surface area contributed by atoms with Crippen molar-refractivity contribution in [3.8, 4) is 11.5 Å². The highest BCUT2D eigenvalue weighted by Gasteiger charge is 2.33. The van der Waals surface area contributed by atoms with Crippen LogP contribution in [0.2, 0.25) is 0 Å². The molecule has 220 valence electrons. The number of hydrogen-bond donors (Lipinski definition) is 3. The van der Waals surface area contributed by atoms with Gasteiger partial charge >= 0.3 is 11.9 Å². The maximum atomic E-state index is 11.9. The number of ketones is 2. The Morgan fingerprint density at radius 3 is 1.41 bits per heavy atom. The van der Waals surface area contributed by atoms with Gasteiger partial charge in [-0.1, -0.05) is 0 Å². The van der Waals surface area contributed by atoms with Gasteiger partial charge in [0.2, 0.25) is 0 Å². The van der Waals surface area contributed by atoms with Crippen LogP contribution in [0.15, 0.2) is 48.5 Å². The third-order valence-corrected chi connectivity index (χ3v) is 5.26. The number of rotatable bonds is 11. The lowest BCUT2D eigenvalue weighted by Gasteiger charge is -2.15. The lowest BCUT2D eigenvalue weighted by atomic mass is 9.97. The Hall–Kier alpha value is -4.62. The average Bonchev–Trinajstić information content (AvgIpc) is 3.22. The number of Topliss-reactive ketones (excluding diaryl/α,β-unsaturated/α-hetero) is 2. The molecule has 3 rings (SSSR count). The van der Waals surface area contributed by atoms with Crippen molar-refractivity contribution >= 4 is 35.3 Å². The third-order valence-electron chi connectivity index (χ3n) is 5.26. The number of benzene rings is 2. The lowest BCUT2D eigenvalue weighted by molar-refractivity contribution is -0.198. The largest absolute Gasteiger partial charge is 0.482 e. The van der Waals surface area contributed by atoms with Crippen molar-refractivity contribution < 1.29 is 58.4 Å². The number of aliphatic carboxylic acids is 1. The number of ether oxygens (including phenoxy) is 2. The first-order chi connectivity index (χ1) is 19.0. The molecule has 0 spiro atoms. The van der Waals surface area contributed by atoms with E-state index in [0.717, 1.165) is 0 Å². The maximum absolute atomic E-state index is 11.9. The highest BCUT2D eigenvalue weighted by molar-refractivity contribution is 6.02. The van der Waals surface area contributed by atoms with Crippen LogP contribution < -0.4 is 9.47 Å². The van der Waals surface area contributed by atoms with Crippen molar-refractivity contribution in [2.45, 2.75) is 51.7 Å². The molecule has 0 aliphatic carbocycles. The van der Waals surface area contributed by atoms with E-state index < -0.39 is 59.7 Å². The van der Waals surface area contributed by atoms with Crippen LogP contribution in [0.1, 0.15) is 61.3 Å². The first-order valence-electron chi connectivity index (χ1n) is 12.3. The van der Waals surface area contributed by atoms with Crippen molar-refractivity contribution in [3.05, 3.63) is 59.7 Å². The van der Waals surface area contributed by atoms with Gasteiger partial charge in [0.25, 0.3) is 11.8 Å². The van der Waals surface area contributed by atoms with Crippen LogP contribution >= 0.6 is 0 Å². The minimum atomic E-state index is -1.49. The molecule has 0 atom stereocenters. The molecule has 0 radical (unpaired) electrons. The van der Waals surface area contributed by atoms with E-state index in [-0.39, 0.29) is 12.8 Å². The summed E-state index contributed by atoms with van der Waals surface area (Å²) in [5.74, 6) is -3.29. The number of hydrogen-bond acceptors (Lipinski definition) is 11. The quantitative estimate of drug-likeness (QED) is 0.261. The normalized spacial score (nSPS) is 13.2. The number of aliphatic hydroxyl groups is 2. The fraction of sp³-hybridized carbons (Fsp3) is 0.357. The van der Waals surface area contributed by atoms with Gasteiger partial charge < -0.3 is 29.6 Å². The SMILES string of the molecule is CC(C)(O)C(=O)c1ccc(OCC(=O)O)cc1.CC(C)(O)C(=O)c1ccc(OCC(=O)ON2C(=O)CCC2=O)cc1. The maximum Gasteiger partial charge on any atom is 0.370 e. The number of amides is 2. The van der Waals surface area contributed by atoms with Crippen LogP contribution in [0.25, 0.3) is 0 Å². The Labute approximate surface area is 235 Å². The molecule has 1 aliphatic rings. The van der Waals surface area contributed by atoms with Crippen molar-refractivity contribution in [2.75, 3.05) is 13.2 Å². The monoisotopic (exact) mass is 573 g/mol. The second kappa shape index (κ2) is 13.6. The molecule has 1 heterocycles. The molecule has 1 fully saturated rings. The summed E-state index contributed by atoms with van der Waals surface area (Å²) in [4.78, 5) is 72.6. The first-order valence-corrected chi connectivity index (χ1v) is 12.3. The average molecular weight is 574 g/mol. The van der Waals surface area contributed by atoms with Gasteiger partial charge in [0.05, 0.1) is 0 Å². The Morgan fingerprint density at radius 1 is 0.707 bits per heavy atom. The predicted molar refractivity (Wildman–Crippen MR) is 140 cm³/mol. The van der Waals surface area contributed by atoms with E-state index in [1.165, 1.54) is 76.2 Å². The first kappa shape index (κ1) is 32.6. The summed E-state index contributed by atoms with van der Waals surface area (Å²) in [6, 6.07) is 11.8. The van der Waals surface area contributed by atoms with Gasteiger partial charge in [-0.2, -0.15) is 0 Å². The van der Waals surface area contributed by atoms with Gasteiger partial charge in [0, 0.05) is 24.0 Å². The minimum Gasteiger partial charge on any atom is -0.482 e. The van der Waals surface area contributed by atoms with Gasteiger partial charge in [-0.25, -0.2) is 9.59 Å². The van der Waals surface area contributed by atoms with E-state index in [1.54, 1.807) is 0 Å². The molecular weight excluding hydrogens is 542 g/mol. The summed E-state index contributed by atoms with van der Waals surface area (Å²) in [5, 5.41) is 28.0. The summed E-state index contributed by atoms with van der Waals surface area (Å²) >= 11 is 0. The molecule has 2 aromatic carbocycles. The summed E-state index contributed by atoms with van der Waals surface area (Å²) in [7, 11) is 0. The smallest absolute Gasteiger partial charge is 0.370 e. The van der Waals surface area contributed by atoms with Crippen LogP contribution in [-0.4, -0.2) is 80.1 Å². The molecule has 1 aliphatic heterocycles. The predicted octanol–water partition coefficient (Wildman–Crippen LogP) is 1.73. The summed E-state index contributed by atoms with van der Waals surface area (Å²) in [6.45, 7) is 4.65. The zero-order chi connectivity index (χ0) is 31.0. The Kier molecular flexibility index (Phi) is 10.8. The van der Waals surface area contributed by atoms with Crippen molar-refractivity contribution in [3.63, 3.8) is 0 Å². The highest BCUT2D eigenvalue weighted by atomic mass is 16.7. The summed E-state index contributed by atoms with van der Waals surface area (Å²) < 4.78 is 10.1. The lowest BCUT2D eigenvalue weighted by Crippen LogP contribution is -2.34. The summed E-state index contributed by atoms with van der Waals surface area (Å²) in [5.41, 5.74) is -2.27. The fourth-order valence-electron chi connectivity index (χ4n) is 3.18. The van der Waals surface area contributed by atoms with Gasteiger partial charge in [0.1, 0.15) is 22.7 Å². The van der Waals surface area contributed by atoms with Gasteiger partial charge in [-0.15, -0.1) is 5.06 Å². The van der Waals surface area contributed by atoms with E-state index in [4.69, 9.17) is 14.6 Å². The summed E-state index contributed by atoms with van der Waals surface area (Å²) in [6.07, 6.45) is 0.0351. The van der Waals surface area contributed by atoms with Crippen molar-refractivity contribution in [1.29, 1.82) is 0 Å². The molecular formula is C28H31NO12. The van der Waals surface area contributed by atoms with Crippen molar-refractivity contribution in [2.24, 2.45) is 0 Å². The number of carbonyl (C=O) groups excluding carboxylic acids is 5. The molecule has 13 nitrogen and oxygen atoms in total. The number of carbonyl (C=O) groups is 6. The number of carboxylic acid groups (broad SMARTS) is 1. The minimum absolute atomic E-state index is 0.0175. The highest BCUT2D eigenvalue weighted by Crippen LogP contribution is 2.19. The van der Waals surface area contributed by atoms with E-state index in [9.17, 15) is 39.0 Å². The number of nitrogens with zero attached hydrogens (tertiary/aromatic N) is 1. The molecule has 3 N–H and O–H groups in total. The molecule has 2 aromatic rings.